The van der Waals surface area contributed by atoms with Crippen molar-refractivity contribution < 1.29 is 19.1 Å². The van der Waals surface area contributed by atoms with Gasteiger partial charge < -0.3 is 14.8 Å². The Bertz CT molecular complexity index is 1030. The highest BCUT2D eigenvalue weighted by molar-refractivity contribution is 7.20. The lowest BCUT2D eigenvalue weighted by atomic mass is 10.1. The summed E-state index contributed by atoms with van der Waals surface area (Å²) in [6.45, 7) is 7.54. The number of nitrogens with one attached hydrogen (secondary N) is 1. The van der Waals surface area contributed by atoms with Crippen LogP contribution in [0.5, 0.6) is 0 Å². The molecule has 28 heavy (non-hydrogen) atoms. The van der Waals surface area contributed by atoms with Gasteiger partial charge in [0.25, 0.3) is 0 Å². The Labute approximate surface area is 166 Å². The van der Waals surface area contributed by atoms with Crippen LogP contribution in [0.2, 0.25) is 0 Å². The third-order valence-electron chi connectivity index (χ3n) is 3.89. The standard InChI is InChI=1S/C20H21N3O4S/c1-5-26-19(24)13-7-6-8-14(9-13)23-17-15-12(4)16(20(25)27-11(2)3)28-18(15)22-10-21-17/h6-11H,5H2,1-4H3,(H,21,22,23). The molecule has 0 unspecified atom stereocenters. The summed E-state index contributed by atoms with van der Waals surface area (Å²) in [4.78, 5) is 34.1. The number of carbonyl (C=O) groups is 2. The van der Waals surface area contributed by atoms with E-state index in [0.29, 0.717) is 33.4 Å². The van der Waals surface area contributed by atoms with E-state index in [9.17, 15) is 9.59 Å². The molecule has 0 spiro atoms. The minimum atomic E-state index is -0.385. The van der Waals surface area contributed by atoms with Crippen molar-refractivity contribution in [3.63, 3.8) is 0 Å². The first-order valence-electron chi connectivity index (χ1n) is 8.90. The molecular formula is C20H21N3O4S. The normalized spacial score (nSPS) is 10.9. The highest BCUT2D eigenvalue weighted by Crippen LogP contribution is 2.35. The molecule has 1 N–H and O–H groups in total. The number of aryl methyl sites for hydroxylation is 1. The number of hydrogen-bond acceptors (Lipinski definition) is 8. The quantitative estimate of drug-likeness (QED) is 0.611. The van der Waals surface area contributed by atoms with Gasteiger partial charge >= 0.3 is 11.9 Å². The van der Waals surface area contributed by atoms with Gasteiger partial charge in [0.2, 0.25) is 0 Å². The van der Waals surface area contributed by atoms with Crippen LogP contribution in [0.3, 0.4) is 0 Å². The third-order valence-corrected chi connectivity index (χ3v) is 5.07. The Balaban J connectivity index is 1.96. The van der Waals surface area contributed by atoms with E-state index in [2.05, 4.69) is 15.3 Å². The Morgan fingerprint density at radius 3 is 2.71 bits per heavy atom. The average molecular weight is 399 g/mol. The van der Waals surface area contributed by atoms with Gasteiger partial charge in [0, 0.05) is 5.69 Å². The Morgan fingerprint density at radius 2 is 2.00 bits per heavy atom. The summed E-state index contributed by atoms with van der Waals surface area (Å²) >= 11 is 1.27. The number of thiophene rings is 1. The van der Waals surface area contributed by atoms with Crippen LogP contribution in [0.25, 0.3) is 10.2 Å². The fourth-order valence-electron chi connectivity index (χ4n) is 2.70. The van der Waals surface area contributed by atoms with Crippen LogP contribution in [0.1, 0.15) is 46.4 Å². The predicted octanol–water partition coefficient (Wildman–Crippen LogP) is 4.49. The lowest BCUT2D eigenvalue weighted by Crippen LogP contribution is -2.11. The van der Waals surface area contributed by atoms with E-state index < -0.39 is 0 Å². The molecule has 0 atom stereocenters. The van der Waals surface area contributed by atoms with Crippen LogP contribution in [-0.2, 0) is 9.47 Å². The van der Waals surface area contributed by atoms with E-state index in [0.717, 1.165) is 10.9 Å². The number of fused-ring (bicyclic) bond motifs is 1. The highest BCUT2D eigenvalue weighted by Gasteiger charge is 2.21. The van der Waals surface area contributed by atoms with E-state index in [1.54, 1.807) is 25.1 Å². The van der Waals surface area contributed by atoms with Crippen LogP contribution >= 0.6 is 11.3 Å². The second kappa shape index (κ2) is 8.35. The van der Waals surface area contributed by atoms with Gasteiger partial charge in [0.1, 0.15) is 21.9 Å². The molecule has 146 valence electrons. The second-order valence-corrected chi connectivity index (χ2v) is 7.34. The van der Waals surface area contributed by atoms with E-state index in [4.69, 9.17) is 9.47 Å². The van der Waals surface area contributed by atoms with Crippen LogP contribution in [0, 0.1) is 6.92 Å². The largest absolute Gasteiger partial charge is 0.462 e. The van der Waals surface area contributed by atoms with Crippen molar-refractivity contribution in [1.29, 1.82) is 0 Å². The summed E-state index contributed by atoms with van der Waals surface area (Å²) in [5, 5.41) is 3.97. The number of hydrogen-bond donors (Lipinski definition) is 1. The molecule has 3 rings (SSSR count). The van der Waals surface area contributed by atoms with Crippen molar-refractivity contribution in [3.05, 3.63) is 46.6 Å². The van der Waals surface area contributed by atoms with Crippen LogP contribution in [-0.4, -0.2) is 34.6 Å². The molecule has 8 heteroatoms. The number of ether oxygens (including phenoxy) is 2. The van der Waals surface area contributed by atoms with Crippen molar-refractivity contribution in [2.75, 3.05) is 11.9 Å². The number of esters is 2. The van der Waals surface area contributed by atoms with Gasteiger partial charge in [-0.15, -0.1) is 11.3 Å². The van der Waals surface area contributed by atoms with Crippen LogP contribution < -0.4 is 5.32 Å². The predicted molar refractivity (Wildman–Crippen MR) is 108 cm³/mol. The van der Waals surface area contributed by atoms with Crippen molar-refractivity contribution in [2.45, 2.75) is 33.8 Å². The zero-order chi connectivity index (χ0) is 20.3. The third kappa shape index (κ3) is 4.12. The maximum Gasteiger partial charge on any atom is 0.348 e. The summed E-state index contributed by atoms with van der Waals surface area (Å²) in [5.41, 5.74) is 1.89. The van der Waals surface area contributed by atoms with Crippen molar-refractivity contribution in [1.82, 2.24) is 9.97 Å². The molecule has 0 aliphatic heterocycles. The summed E-state index contributed by atoms with van der Waals surface area (Å²) in [5.74, 6) is -0.196. The molecule has 0 saturated carbocycles. The van der Waals surface area contributed by atoms with Gasteiger partial charge in [-0.2, -0.15) is 0 Å². The molecule has 0 radical (unpaired) electrons. The first-order chi connectivity index (χ1) is 13.4. The van der Waals surface area contributed by atoms with E-state index in [1.807, 2.05) is 26.8 Å². The lowest BCUT2D eigenvalue weighted by Gasteiger charge is -2.09. The summed E-state index contributed by atoms with van der Waals surface area (Å²) in [7, 11) is 0. The highest BCUT2D eigenvalue weighted by atomic mass is 32.1. The zero-order valence-corrected chi connectivity index (χ0v) is 16.9. The second-order valence-electron chi connectivity index (χ2n) is 6.34. The Hall–Kier alpha value is -3.00. The molecule has 0 amide bonds. The molecule has 0 bridgehead atoms. The summed E-state index contributed by atoms with van der Waals surface area (Å²) in [6, 6.07) is 6.97. The molecule has 2 aromatic heterocycles. The summed E-state index contributed by atoms with van der Waals surface area (Å²) < 4.78 is 10.4. The molecule has 0 saturated heterocycles. The fraction of sp³-hybridized carbons (Fsp3) is 0.300. The molecular weight excluding hydrogens is 378 g/mol. The maximum absolute atomic E-state index is 12.4. The molecule has 7 nitrogen and oxygen atoms in total. The number of nitrogens with zero attached hydrogens (tertiary/aromatic N) is 2. The number of anilines is 2. The monoisotopic (exact) mass is 399 g/mol. The fourth-order valence-corrected chi connectivity index (χ4v) is 3.74. The molecule has 0 aliphatic carbocycles. The first kappa shape index (κ1) is 19.8. The number of carbonyl (C=O) groups excluding carboxylic acids is 2. The zero-order valence-electron chi connectivity index (χ0n) is 16.1. The van der Waals surface area contributed by atoms with E-state index in [1.165, 1.54) is 17.7 Å². The minimum absolute atomic E-state index is 0.202. The molecule has 0 aliphatic rings. The van der Waals surface area contributed by atoms with Gasteiger partial charge in [-0.1, -0.05) is 6.07 Å². The topological polar surface area (TPSA) is 90.4 Å². The smallest absolute Gasteiger partial charge is 0.348 e. The first-order valence-corrected chi connectivity index (χ1v) is 9.71. The van der Waals surface area contributed by atoms with Gasteiger partial charge in [-0.05, 0) is 51.5 Å². The minimum Gasteiger partial charge on any atom is -0.462 e. The SMILES string of the molecule is CCOC(=O)c1cccc(Nc2ncnc3sc(C(=O)OC(C)C)c(C)c23)c1. The van der Waals surface area contributed by atoms with Gasteiger partial charge in [-0.25, -0.2) is 19.6 Å². The van der Waals surface area contributed by atoms with E-state index >= 15 is 0 Å². The van der Waals surface area contributed by atoms with Crippen molar-refractivity contribution >= 4 is 45.0 Å². The number of aromatic nitrogens is 2. The van der Waals surface area contributed by atoms with E-state index in [-0.39, 0.29) is 18.0 Å². The lowest BCUT2D eigenvalue weighted by molar-refractivity contribution is 0.0382. The molecule has 2 heterocycles. The summed E-state index contributed by atoms with van der Waals surface area (Å²) in [6.07, 6.45) is 1.24. The van der Waals surface area contributed by atoms with Crippen molar-refractivity contribution in [3.8, 4) is 0 Å². The molecule has 1 aromatic carbocycles. The maximum atomic E-state index is 12.4. The Kier molecular flexibility index (Phi) is 5.89. The van der Waals surface area contributed by atoms with Crippen molar-refractivity contribution in [2.24, 2.45) is 0 Å². The number of benzene rings is 1. The van der Waals surface area contributed by atoms with Crippen LogP contribution in [0.15, 0.2) is 30.6 Å². The van der Waals surface area contributed by atoms with Gasteiger partial charge in [-0.3, -0.25) is 0 Å². The number of rotatable bonds is 6. The average Bonchev–Trinajstić information content (AvgIpc) is 2.99. The van der Waals surface area contributed by atoms with Gasteiger partial charge in [0.15, 0.2) is 0 Å². The van der Waals surface area contributed by atoms with Gasteiger partial charge in [0.05, 0.1) is 23.7 Å². The Morgan fingerprint density at radius 1 is 1.21 bits per heavy atom. The molecule has 0 fully saturated rings. The van der Waals surface area contributed by atoms with Crippen LogP contribution in [0.4, 0.5) is 11.5 Å². The molecule has 3 aromatic rings.